The van der Waals surface area contributed by atoms with Crippen molar-refractivity contribution in [2.75, 3.05) is 12.4 Å². The van der Waals surface area contributed by atoms with Crippen molar-refractivity contribution in [2.24, 2.45) is 0 Å². The molecular formula is C25H22FNO4S. The van der Waals surface area contributed by atoms with E-state index < -0.39 is 23.2 Å². The van der Waals surface area contributed by atoms with Crippen LogP contribution in [0.15, 0.2) is 78.9 Å². The maximum absolute atomic E-state index is 13.4. The van der Waals surface area contributed by atoms with Crippen molar-refractivity contribution >= 4 is 23.6 Å². The smallest absolute Gasteiger partial charge is 0.329 e. The predicted molar refractivity (Wildman–Crippen MR) is 121 cm³/mol. The van der Waals surface area contributed by atoms with Crippen LogP contribution in [0.5, 0.6) is 11.5 Å². The van der Waals surface area contributed by atoms with E-state index in [0.29, 0.717) is 22.8 Å². The number of esters is 1. The summed E-state index contributed by atoms with van der Waals surface area (Å²) in [7, 11) is 0. The minimum Gasteiger partial charge on any atom is -0.464 e. The van der Waals surface area contributed by atoms with Gasteiger partial charge in [-0.25, -0.2) is 9.18 Å². The van der Waals surface area contributed by atoms with Crippen molar-refractivity contribution in [3.63, 3.8) is 0 Å². The number of hydrogen-bond donors (Lipinski definition) is 0. The Kier molecular flexibility index (Phi) is 6.75. The van der Waals surface area contributed by atoms with Gasteiger partial charge in [-0.15, -0.1) is 11.8 Å². The van der Waals surface area contributed by atoms with Crippen LogP contribution in [0.2, 0.25) is 0 Å². The minimum atomic E-state index is -0.735. The van der Waals surface area contributed by atoms with Gasteiger partial charge in [-0.3, -0.25) is 4.79 Å². The normalized spacial score (nSPS) is 17.8. The van der Waals surface area contributed by atoms with Crippen LogP contribution >= 0.6 is 11.8 Å². The third-order valence-corrected chi connectivity index (χ3v) is 6.33. The number of halogens is 1. The summed E-state index contributed by atoms with van der Waals surface area (Å²) in [6.07, 6.45) is 0. The van der Waals surface area contributed by atoms with Crippen molar-refractivity contribution in [3.05, 3.63) is 95.8 Å². The molecule has 1 aliphatic rings. The average molecular weight is 452 g/mol. The summed E-state index contributed by atoms with van der Waals surface area (Å²) in [4.78, 5) is 27.5. The number of benzene rings is 3. The second-order valence-electron chi connectivity index (χ2n) is 7.16. The first-order chi connectivity index (χ1) is 15.6. The first-order valence-corrected chi connectivity index (χ1v) is 11.3. The Hall–Kier alpha value is -3.32. The van der Waals surface area contributed by atoms with E-state index in [1.165, 1.54) is 40.9 Å². The molecule has 2 unspecified atom stereocenters. The van der Waals surface area contributed by atoms with Crippen LogP contribution < -0.4 is 4.74 Å². The zero-order valence-electron chi connectivity index (χ0n) is 17.4. The van der Waals surface area contributed by atoms with Crippen LogP contribution in [-0.2, 0) is 9.53 Å². The van der Waals surface area contributed by atoms with E-state index in [1.807, 2.05) is 54.6 Å². The summed E-state index contributed by atoms with van der Waals surface area (Å²) in [5, 5.41) is -0.415. The zero-order valence-corrected chi connectivity index (χ0v) is 18.3. The molecule has 5 nitrogen and oxygen atoms in total. The van der Waals surface area contributed by atoms with Crippen LogP contribution in [0.1, 0.15) is 28.2 Å². The van der Waals surface area contributed by atoms with Crippen LogP contribution in [0.3, 0.4) is 0 Å². The van der Waals surface area contributed by atoms with Crippen molar-refractivity contribution in [3.8, 4) is 11.5 Å². The highest BCUT2D eigenvalue weighted by Crippen LogP contribution is 2.43. The maximum Gasteiger partial charge on any atom is 0.329 e. The Balaban J connectivity index is 1.65. The fourth-order valence-corrected chi connectivity index (χ4v) is 4.93. The molecule has 32 heavy (non-hydrogen) atoms. The molecule has 0 N–H and O–H groups in total. The molecule has 3 aromatic carbocycles. The van der Waals surface area contributed by atoms with E-state index in [0.717, 1.165) is 5.56 Å². The summed E-state index contributed by atoms with van der Waals surface area (Å²) < 4.78 is 24.5. The first kappa shape index (κ1) is 21.9. The molecule has 7 heteroatoms. The van der Waals surface area contributed by atoms with Gasteiger partial charge in [-0.2, -0.15) is 0 Å². The molecular weight excluding hydrogens is 429 g/mol. The second kappa shape index (κ2) is 9.87. The van der Waals surface area contributed by atoms with E-state index >= 15 is 0 Å². The molecule has 1 fully saturated rings. The van der Waals surface area contributed by atoms with E-state index in [-0.39, 0.29) is 12.5 Å². The SMILES string of the molecule is CCOC(=O)C1CSC(c2cccc(Oc3ccccc3)c2)N1C(=O)c1ccc(F)cc1. The molecule has 0 spiro atoms. The van der Waals surface area contributed by atoms with E-state index in [1.54, 1.807) is 6.92 Å². The van der Waals surface area contributed by atoms with Gasteiger partial charge >= 0.3 is 5.97 Å². The summed E-state index contributed by atoms with van der Waals surface area (Å²) in [5.41, 5.74) is 1.13. The maximum atomic E-state index is 13.4. The first-order valence-electron chi connectivity index (χ1n) is 10.3. The lowest BCUT2D eigenvalue weighted by molar-refractivity contribution is -0.147. The standard InChI is InChI=1S/C25H22FNO4S/c1-2-30-25(29)22-16-32-24(27(22)23(28)17-11-13-19(26)14-12-17)18-7-6-10-21(15-18)31-20-8-4-3-5-9-20/h3-15,22,24H,2,16H2,1H3. The number of rotatable bonds is 6. The number of ether oxygens (including phenoxy) is 2. The highest BCUT2D eigenvalue weighted by Gasteiger charge is 2.43. The summed E-state index contributed by atoms with van der Waals surface area (Å²) >= 11 is 1.48. The Labute approximate surface area is 190 Å². The number of carbonyl (C=O) groups excluding carboxylic acids is 2. The molecule has 164 valence electrons. The molecule has 0 saturated carbocycles. The zero-order chi connectivity index (χ0) is 22.5. The van der Waals surface area contributed by atoms with Gasteiger partial charge in [0.15, 0.2) is 0 Å². The number of nitrogens with zero attached hydrogens (tertiary/aromatic N) is 1. The molecule has 0 aromatic heterocycles. The third-order valence-electron chi connectivity index (χ3n) is 5.01. The lowest BCUT2D eigenvalue weighted by Gasteiger charge is -2.29. The lowest BCUT2D eigenvalue weighted by atomic mass is 10.1. The highest BCUT2D eigenvalue weighted by molar-refractivity contribution is 7.99. The van der Waals surface area contributed by atoms with Gasteiger partial charge in [-0.1, -0.05) is 30.3 Å². The topological polar surface area (TPSA) is 55.8 Å². The Morgan fingerprint density at radius 1 is 1.00 bits per heavy atom. The van der Waals surface area contributed by atoms with Gasteiger partial charge in [0.1, 0.15) is 28.7 Å². The number of thioether (sulfide) groups is 1. The quantitative estimate of drug-likeness (QED) is 0.467. The summed E-state index contributed by atoms with van der Waals surface area (Å²) in [5.74, 6) is 0.499. The van der Waals surface area contributed by atoms with Gasteiger partial charge in [0.05, 0.1) is 6.61 Å². The fraction of sp³-hybridized carbons (Fsp3) is 0.200. The Morgan fingerprint density at radius 2 is 1.72 bits per heavy atom. The van der Waals surface area contributed by atoms with Gasteiger partial charge in [0.25, 0.3) is 5.91 Å². The molecule has 2 atom stereocenters. The van der Waals surface area contributed by atoms with Crippen LogP contribution in [-0.4, -0.2) is 35.2 Å². The van der Waals surface area contributed by atoms with Gasteiger partial charge in [0.2, 0.25) is 0 Å². The average Bonchev–Trinajstić information content (AvgIpc) is 3.25. The lowest BCUT2D eigenvalue weighted by Crippen LogP contribution is -2.43. The number of para-hydroxylation sites is 1. The van der Waals surface area contributed by atoms with Gasteiger partial charge < -0.3 is 14.4 Å². The largest absolute Gasteiger partial charge is 0.464 e. The Bertz CT molecular complexity index is 1090. The van der Waals surface area contributed by atoms with Crippen molar-refractivity contribution in [2.45, 2.75) is 18.3 Å². The molecule has 4 rings (SSSR count). The van der Waals surface area contributed by atoms with Crippen molar-refractivity contribution in [1.82, 2.24) is 4.90 Å². The van der Waals surface area contributed by atoms with E-state index in [2.05, 4.69) is 0 Å². The third kappa shape index (κ3) is 4.78. The molecule has 1 amide bonds. The minimum absolute atomic E-state index is 0.226. The monoisotopic (exact) mass is 451 g/mol. The highest BCUT2D eigenvalue weighted by atomic mass is 32.2. The van der Waals surface area contributed by atoms with Gasteiger partial charge in [0, 0.05) is 11.3 Å². The van der Waals surface area contributed by atoms with E-state index in [4.69, 9.17) is 9.47 Å². The fourth-order valence-electron chi connectivity index (χ4n) is 3.53. The summed E-state index contributed by atoms with van der Waals surface area (Å²) in [6, 6.07) is 21.4. The molecule has 0 aliphatic carbocycles. The molecule has 1 aliphatic heterocycles. The molecule has 3 aromatic rings. The number of amides is 1. The Morgan fingerprint density at radius 3 is 2.44 bits per heavy atom. The molecule has 0 bridgehead atoms. The van der Waals surface area contributed by atoms with Gasteiger partial charge in [-0.05, 0) is 61.0 Å². The predicted octanol–water partition coefficient (Wildman–Crippen LogP) is 5.44. The molecule has 0 radical (unpaired) electrons. The van der Waals surface area contributed by atoms with Crippen molar-refractivity contribution < 1.29 is 23.5 Å². The number of carbonyl (C=O) groups is 2. The van der Waals surface area contributed by atoms with Crippen LogP contribution in [0.4, 0.5) is 4.39 Å². The van der Waals surface area contributed by atoms with E-state index in [9.17, 15) is 14.0 Å². The summed E-state index contributed by atoms with van der Waals surface area (Å²) in [6.45, 7) is 1.96. The number of hydrogen-bond acceptors (Lipinski definition) is 5. The van der Waals surface area contributed by atoms with Crippen LogP contribution in [0.25, 0.3) is 0 Å². The van der Waals surface area contributed by atoms with Crippen LogP contribution in [0, 0.1) is 5.82 Å². The molecule has 1 heterocycles. The molecule has 1 saturated heterocycles. The second-order valence-corrected chi connectivity index (χ2v) is 8.27. The van der Waals surface area contributed by atoms with Crippen molar-refractivity contribution in [1.29, 1.82) is 0 Å².